The lowest BCUT2D eigenvalue weighted by atomic mass is 9.98. The van der Waals surface area contributed by atoms with Gasteiger partial charge in [-0.2, -0.15) is 0 Å². The van der Waals surface area contributed by atoms with Crippen LogP contribution in [0.4, 0.5) is 0 Å². The van der Waals surface area contributed by atoms with Gasteiger partial charge in [-0.3, -0.25) is 9.78 Å². The third-order valence-corrected chi connectivity index (χ3v) is 4.47. The molecule has 2 saturated heterocycles. The molecule has 0 spiro atoms. The van der Waals surface area contributed by atoms with Crippen molar-refractivity contribution in [3.8, 4) is 0 Å². The fourth-order valence-corrected chi connectivity index (χ4v) is 3.31. The van der Waals surface area contributed by atoms with E-state index in [1.807, 2.05) is 31.0 Å². The highest BCUT2D eigenvalue weighted by Crippen LogP contribution is 2.29. The van der Waals surface area contributed by atoms with Crippen LogP contribution < -0.4 is 5.32 Å². The molecule has 3 rings (SSSR count). The summed E-state index contributed by atoms with van der Waals surface area (Å²) in [6.07, 6.45) is 6.37. The van der Waals surface area contributed by atoms with Crippen LogP contribution in [0.1, 0.15) is 41.7 Å². The smallest absolute Gasteiger partial charge is 0.255 e. The molecule has 0 saturated carbocycles. The predicted octanol–water partition coefficient (Wildman–Crippen LogP) is 2.59. The standard InChI is InChI=1S/C15H21N3O.2ClH/c1-10-3-4-11(9-16-10)15(19)18(2)14-7-12-5-6-13(8-14)17-12;;/h3-4,9,12-14,17H,5-8H2,1-2H3;2*1H. The largest absolute Gasteiger partial charge is 0.339 e. The lowest BCUT2D eigenvalue weighted by molar-refractivity contribution is 0.0681. The van der Waals surface area contributed by atoms with Crippen molar-refractivity contribution >= 4 is 30.7 Å². The first kappa shape index (κ1) is 18.2. The molecule has 0 aromatic carbocycles. The molecule has 1 aromatic rings. The van der Waals surface area contributed by atoms with Crippen LogP contribution in [0.5, 0.6) is 0 Å². The molecule has 2 aliphatic rings. The molecule has 2 unspecified atom stereocenters. The van der Waals surface area contributed by atoms with E-state index in [4.69, 9.17) is 0 Å². The summed E-state index contributed by atoms with van der Waals surface area (Å²) in [5.41, 5.74) is 1.64. The Labute approximate surface area is 138 Å². The normalized spacial score (nSPS) is 26.5. The number of fused-ring (bicyclic) bond motifs is 2. The number of pyridine rings is 1. The van der Waals surface area contributed by atoms with Crippen molar-refractivity contribution in [2.45, 2.75) is 50.7 Å². The number of nitrogens with zero attached hydrogens (tertiary/aromatic N) is 2. The van der Waals surface area contributed by atoms with Crippen molar-refractivity contribution in [1.82, 2.24) is 15.2 Å². The number of halogens is 2. The lowest BCUT2D eigenvalue weighted by Crippen LogP contribution is -2.48. The van der Waals surface area contributed by atoms with Crippen molar-refractivity contribution in [3.63, 3.8) is 0 Å². The molecule has 1 N–H and O–H groups in total. The van der Waals surface area contributed by atoms with Gasteiger partial charge >= 0.3 is 0 Å². The molecule has 2 bridgehead atoms. The number of nitrogens with one attached hydrogen (secondary N) is 1. The monoisotopic (exact) mass is 331 g/mol. The maximum atomic E-state index is 12.5. The van der Waals surface area contributed by atoms with Gasteiger partial charge in [0.2, 0.25) is 0 Å². The second-order valence-electron chi connectivity index (χ2n) is 5.87. The molecular weight excluding hydrogens is 309 g/mol. The second-order valence-corrected chi connectivity index (χ2v) is 5.87. The Balaban J connectivity index is 0.00000110. The topological polar surface area (TPSA) is 45.2 Å². The molecule has 3 heterocycles. The molecular formula is C15H23Cl2N3O. The summed E-state index contributed by atoms with van der Waals surface area (Å²) < 4.78 is 0. The molecule has 118 valence electrons. The first-order chi connectivity index (χ1) is 9.13. The minimum Gasteiger partial charge on any atom is -0.339 e. The summed E-state index contributed by atoms with van der Waals surface area (Å²) >= 11 is 0. The van der Waals surface area contributed by atoms with E-state index in [2.05, 4.69) is 10.3 Å². The molecule has 1 aromatic heterocycles. The molecule has 0 aliphatic carbocycles. The van der Waals surface area contributed by atoms with Crippen molar-refractivity contribution in [2.24, 2.45) is 0 Å². The number of rotatable bonds is 2. The van der Waals surface area contributed by atoms with Gasteiger partial charge in [0.25, 0.3) is 5.91 Å². The number of hydrogen-bond acceptors (Lipinski definition) is 3. The Bertz CT molecular complexity index is 468. The van der Waals surface area contributed by atoms with E-state index in [-0.39, 0.29) is 30.7 Å². The van der Waals surface area contributed by atoms with E-state index in [1.165, 1.54) is 12.8 Å². The zero-order valence-electron chi connectivity index (χ0n) is 12.4. The molecule has 1 amide bonds. The van der Waals surface area contributed by atoms with Crippen molar-refractivity contribution in [2.75, 3.05) is 7.05 Å². The van der Waals surface area contributed by atoms with Crippen LogP contribution in [0.25, 0.3) is 0 Å². The number of hydrogen-bond donors (Lipinski definition) is 1. The molecule has 0 radical (unpaired) electrons. The number of piperidine rings is 1. The molecule has 2 fully saturated rings. The van der Waals surface area contributed by atoms with E-state index < -0.39 is 0 Å². The zero-order valence-corrected chi connectivity index (χ0v) is 14.0. The van der Waals surface area contributed by atoms with Crippen molar-refractivity contribution in [3.05, 3.63) is 29.6 Å². The Hall–Kier alpha value is -0.840. The van der Waals surface area contributed by atoms with Crippen LogP contribution in [0.15, 0.2) is 18.3 Å². The van der Waals surface area contributed by atoms with E-state index in [1.54, 1.807) is 6.20 Å². The maximum absolute atomic E-state index is 12.5. The summed E-state index contributed by atoms with van der Waals surface area (Å²) in [6, 6.07) is 5.35. The molecule has 2 atom stereocenters. The average Bonchev–Trinajstić information content (AvgIpc) is 2.76. The summed E-state index contributed by atoms with van der Waals surface area (Å²) in [5, 5.41) is 3.61. The average molecular weight is 332 g/mol. The number of aromatic nitrogens is 1. The minimum atomic E-state index is 0. The highest BCUT2D eigenvalue weighted by Gasteiger charge is 2.36. The van der Waals surface area contributed by atoms with Gasteiger partial charge in [0, 0.05) is 37.1 Å². The minimum absolute atomic E-state index is 0. The Kier molecular flexibility index (Phi) is 6.44. The van der Waals surface area contributed by atoms with Gasteiger partial charge in [-0.1, -0.05) is 0 Å². The van der Waals surface area contributed by atoms with Crippen molar-refractivity contribution < 1.29 is 4.79 Å². The first-order valence-electron chi connectivity index (χ1n) is 7.09. The van der Waals surface area contributed by atoms with E-state index >= 15 is 0 Å². The van der Waals surface area contributed by atoms with Gasteiger partial charge in [-0.15, -0.1) is 24.8 Å². The third kappa shape index (κ3) is 3.87. The van der Waals surface area contributed by atoms with Gasteiger partial charge < -0.3 is 10.2 Å². The fraction of sp³-hybridized carbons (Fsp3) is 0.600. The SMILES string of the molecule is Cc1ccc(C(=O)N(C)C2CC3CCC(C2)N3)cn1.Cl.Cl. The zero-order chi connectivity index (χ0) is 13.4. The number of amides is 1. The van der Waals surface area contributed by atoms with Crippen LogP contribution in [0, 0.1) is 6.92 Å². The lowest BCUT2D eigenvalue weighted by Gasteiger charge is -2.35. The van der Waals surface area contributed by atoms with Gasteiger partial charge in [-0.25, -0.2) is 0 Å². The van der Waals surface area contributed by atoms with Crippen LogP contribution in [0.3, 0.4) is 0 Å². The van der Waals surface area contributed by atoms with Crippen LogP contribution in [-0.4, -0.2) is 41.0 Å². The quantitative estimate of drug-likeness (QED) is 0.905. The summed E-state index contributed by atoms with van der Waals surface area (Å²) in [7, 11) is 1.93. The molecule has 6 heteroatoms. The number of carbonyl (C=O) groups is 1. The predicted molar refractivity (Wildman–Crippen MR) is 88.5 cm³/mol. The highest BCUT2D eigenvalue weighted by atomic mass is 35.5. The number of aryl methyl sites for hydroxylation is 1. The molecule has 4 nitrogen and oxygen atoms in total. The Morgan fingerprint density at radius 1 is 1.24 bits per heavy atom. The van der Waals surface area contributed by atoms with Crippen molar-refractivity contribution in [1.29, 1.82) is 0 Å². The molecule has 21 heavy (non-hydrogen) atoms. The first-order valence-corrected chi connectivity index (χ1v) is 7.09. The van der Waals surface area contributed by atoms with Crippen LogP contribution in [0.2, 0.25) is 0 Å². The Morgan fingerprint density at radius 2 is 1.86 bits per heavy atom. The maximum Gasteiger partial charge on any atom is 0.255 e. The number of carbonyl (C=O) groups excluding carboxylic acids is 1. The second kappa shape index (κ2) is 7.43. The fourth-order valence-electron chi connectivity index (χ4n) is 3.31. The van der Waals surface area contributed by atoms with Gasteiger partial charge in [0.1, 0.15) is 0 Å². The highest BCUT2D eigenvalue weighted by molar-refractivity contribution is 5.94. The van der Waals surface area contributed by atoms with Gasteiger partial charge in [-0.05, 0) is 44.7 Å². The van der Waals surface area contributed by atoms with Gasteiger partial charge in [0.15, 0.2) is 0 Å². The summed E-state index contributed by atoms with van der Waals surface area (Å²) in [5.74, 6) is 0.0961. The summed E-state index contributed by atoms with van der Waals surface area (Å²) in [6.45, 7) is 1.93. The van der Waals surface area contributed by atoms with E-state index in [9.17, 15) is 4.79 Å². The van der Waals surface area contributed by atoms with Crippen LogP contribution >= 0.6 is 24.8 Å². The van der Waals surface area contributed by atoms with Gasteiger partial charge in [0.05, 0.1) is 5.56 Å². The van der Waals surface area contributed by atoms with E-state index in [0.29, 0.717) is 23.7 Å². The molecule has 2 aliphatic heterocycles. The third-order valence-electron chi connectivity index (χ3n) is 4.47. The Morgan fingerprint density at radius 3 is 2.38 bits per heavy atom. The van der Waals surface area contributed by atoms with E-state index in [0.717, 1.165) is 18.5 Å². The van der Waals surface area contributed by atoms with Crippen LogP contribution in [-0.2, 0) is 0 Å². The summed E-state index contributed by atoms with van der Waals surface area (Å²) in [4.78, 5) is 18.6.